The third-order valence-electron chi connectivity index (χ3n) is 4.50. The van der Waals surface area contributed by atoms with Gasteiger partial charge in [-0.3, -0.25) is 9.78 Å². The van der Waals surface area contributed by atoms with Gasteiger partial charge in [-0.05, 0) is 12.8 Å². The van der Waals surface area contributed by atoms with Crippen molar-refractivity contribution in [1.29, 1.82) is 0 Å². The Morgan fingerprint density at radius 3 is 2.82 bits per heavy atom. The molecular formula is C20H20N4O3S. The van der Waals surface area contributed by atoms with E-state index >= 15 is 0 Å². The summed E-state index contributed by atoms with van der Waals surface area (Å²) in [5, 5.41) is 2.67. The third kappa shape index (κ3) is 4.12. The smallest absolute Gasteiger partial charge is 0.273 e. The average Bonchev–Trinajstić information content (AvgIpc) is 3.24. The lowest BCUT2D eigenvalue weighted by Gasteiger charge is -2.32. The van der Waals surface area contributed by atoms with E-state index in [0.717, 1.165) is 23.4 Å². The standard InChI is InChI=1S/C20H20N4O3S/c1-26-17-10-21-11-18(23-17)27-15-8-5-9-24(12-15)20(25)16-13-28-19(22-16)14-6-3-2-4-7-14/h2-4,6-7,10-11,13,15H,5,8-9,12H2,1H3. The molecule has 0 aliphatic carbocycles. The lowest BCUT2D eigenvalue weighted by molar-refractivity contribution is 0.0521. The molecule has 1 aromatic carbocycles. The molecule has 1 aliphatic heterocycles. The summed E-state index contributed by atoms with van der Waals surface area (Å²) in [7, 11) is 1.53. The molecule has 4 rings (SSSR count). The van der Waals surface area contributed by atoms with E-state index in [-0.39, 0.29) is 12.0 Å². The molecule has 0 radical (unpaired) electrons. The van der Waals surface area contributed by atoms with Gasteiger partial charge in [0.2, 0.25) is 11.8 Å². The van der Waals surface area contributed by atoms with Crippen LogP contribution in [-0.2, 0) is 0 Å². The predicted octanol–water partition coefficient (Wildman–Crippen LogP) is 3.29. The summed E-state index contributed by atoms with van der Waals surface area (Å²) >= 11 is 1.48. The van der Waals surface area contributed by atoms with Crippen LogP contribution in [0.2, 0.25) is 0 Å². The van der Waals surface area contributed by atoms with Crippen molar-refractivity contribution in [3.63, 3.8) is 0 Å². The van der Waals surface area contributed by atoms with Crippen molar-refractivity contribution in [3.05, 3.63) is 53.8 Å². The van der Waals surface area contributed by atoms with Crippen LogP contribution in [0.25, 0.3) is 10.6 Å². The molecule has 0 bridgehead atoms. The molecule has 1 atom stereocenters. The second-order valence-electron chi connectivity index (χ2n) is 6.44. The zero-order chi connectivity index (χ0) is 19.3. The molecule has 1 fully saturated rings. The van der Waals surface area contributed by atoms with Gasteiger partial charge in [-0.2, -0.15) is 4.98 Å². The number of hydrogen-bond acceptors (Lipinski definition) is 7. The normalized spacial score (nSPS) is 16.6. The number of piperidine rings is 1. The summed E-state index contributed by atoms with van der Waals surface area (Å²) in [5.41, 5.74) is 1.49. The Bertz CT molecular complexity index is 947. The number of ether oxygens (including phenoxy) is 2. The minimum atomic E-state index is -0.133. The zero-order valence-corrected chi connectivity index (χ0v) is 16.3. The average molecular weight is 396 g/mol. The Morgan fingerprint density at radius 1 is 1.18 bits per heavy atom. The Kier molecular flexibility index (Phi) is 5.48. The minimum absolute atomic E-state index is 0.0662. The quantitative estimate of drug-likeness (QED) is 0.659. The van der Waals surface area contributed by atoms with Crippen LogP contribution < -0.4 is 9.47 Å². The molecule has 144 valence electrons. The van der Waals surface area contributed by atoms with Gasteiger partial charge >= 0.3 is 0 Å². The summed E-state index contributed by atoms with van der Waals surface area (Å²) < 4.78 is 11.0. The highest BCUT2D eigenvalue weighted by atomic mass is 32.1. The summed E-state index contributed by atoms with van der Waals surface area (Å²) in [6, 6.07) is 9.88. The fraction of sp³-hybridized carbons (Fsp3) is 0.300. The number of thiazole rings is 1. The number of carbonyl (C=O) groups excluding carboxylic acids is 1. The van der Waals surface area contributed by atoms with E-state index in [9.17, 15) is 4.79 Å². The molecule has 0 spiro atoms. The fourth-order valence-electron chi connectivity index (χ4n) is 3.12. The number of rotatable bonds is 5. The van der Waals surface area contributed by atoms with Gasteiger partial charge in [-0.1, -0.05) is 30.3 Å². The van der Waals surface area contributed by atoms with Gasteiger partial charge in [-0.25, -0.2) is 4.98 Å². The lowest BCUT2D eigenvalue weighted by atomic mass is 10.1. The number of amides is 1. The monoisotopic (exact) mass is 396 g/mol. The largest absolute Gasteiger partial charge is 0.480 e. The first-order valence-electron chi connectivity index (χ1n) is 9.06. The van der Waals surface area contributed by atoms with Gasteiger partial charge in [0.15, 0.2) is 0 Å². The van der Waals surface area contributed by atoms with Crippen LogP contribution in [0.1, 0.15) is 23.3 Å². The summed E-state index contributed by atoms with van der Waals surface area (Å²) in [4.78, 5) is 27.5. The van der Waals surface area contributed by atoms with E-state index in [1.165, 1.54) is 24.6 Å². The summed E-state index contributed by atoms with van der Waals surface area (Å²) in [5.74, 6) is 0.735. The molecule has 0 N–H and O–H groups in total. The van der Waals surface area contributed by atoms with Crippen molar-refractivity contribution in [3.8, 4) is 22.3 Å². The topological polar surface area (TPSA) is 77.4 Å². The highest BCUT2D eigenvalue weighted by molar-refractivity contribution is 7.13. The van der Waals surface area contributed by atoms with E-state index in [4.69, 9.17) is 9.47 Å². The first kappa shape index (κ1) is 18.4. The van der Waals surface area contributed by atoms with Crippen LogP contribution in [-0.4, -0.2) is 52.1 Å². The molecule has 1 amide bonds. The van der Waals surface area contributed by atoms with Gasteiger partial charge in [-0.15, -0.1) is 11.3 Å². The van der Waals surface area contributed by atoms with Crippen LogP contribution in [0.5, 0.6) is 11.8 Å². The Hall–Kier alpha value is -3.00. The second-order valence-corrected chi connectivity index (χ2v) is 7.29. The van der Waals surface area contributed by atoms with Crippen molar-refractivity contribution < 1.29 is 14.3 Å². The van der Waals surface area contributed by atoms with Crippen molar-refractivity contribution in [2.75, 3.05) is 20.2 Å². The molecule has 28 heavy (non-hydrogen) atoms. The molecule has 3 heterocycles. The number of carbonyl (C=O) groups is 1. The lowest BCUT2D eigenvalue weighted by Crippen LogP contribution is -2.44. The van der Waals surface area contributed by atoms with Gasteiger partial charge in [0, 0.05) is 17.5 Å². The molecule has 7 nitrogen and oxygen atoms in total. The Morgan fingerprint density at radius 2 is 2.00 bits per heavy atom. The maximum atomic E-state index is 12.9. The highest BCUT2D eigenvalue weighted by Gasteiger charge is 2.27. The van der Waals surface area contributed by atoms with Gasteiger partial charge in [0.25, 0.3) is 5.91 Å². The SMILES string of the molecule is COc1cncc(OC2CCCN(C(=O)c3csc(-c4ccccc4)n3)C2)n1. The molecule has 0 saturated carbocycles. The molecular weight excluding hydrogens is 376 g/mol. The van der Waals surface area contributed by atoms with Gasteiger partial charge in [0.05, 0.1) is 26.0 Å². The molecule has 2 aromatic heterocycles. The molecule has 3 aromatic rings. The van der Waals surface area contributed by atoms with Gasteiger partial charge in [0.1, 0.15) is 16.8 Å². The van der Waals surface area contributed by atoms with Crippen LogP contribution in [0.4, 0.5) is 0 Å². The number of aromatic nitrogens is 3. The number of benzene rings is 1. The van der Waals surface area contributed by atoms with Crippen LogP contribution in [0, 0.1) is 0 Å². The highest BCUT2D eigenvalue weighted by Crippen LogP contribution is 2.25. The molecule has 1 saturated heterocycles. The van der Waals surface area contributed by atoms with Crippen molar-refractivity contribution in [1.82, 2.24) is 19.9 Å². The summed E-state index contributed by atoms with van der Waals surface area (Å²) in [6.07, 6.45) is 4.66. The van der Waals surface area contributed by atoms with E-state index in [1.807, 2.05) is 35.7 Å². The summed E-state index contributed by atoms with van der Waals surface area (Å²) in [6.45, 7) is 1.19. The Balaban J connectivity index is 1.43. The number of likely N-dealkylation sites (tertiary alicyclic amines) is 1. The number of nitrogens with zero attached hydrogens (tertiary/aromatic N) is 4. The van der Waals surface area contributed by atoms with Crippen LogP contribution in [0.15, 0.2) is 48.1 Å². The van der Waals surface area contributed by atoms with E-state index in [2.05, 4.69) is 15.0 Å². The maximum Gasteiger partial charge on any atom is 0.273 e. The number of methoxy groups -OCH3 is 1. The fourth-order valence-corrected chi connectivity index (χ4v) is 3.92. The zero-order valence-electron chi connectivity index (χ0n) is 15.4. The maximum absolute atomic E-state index is 12.9. The van der Waals surface area contributed by atoms with Crippen LogP contribution in [0.3, 0.4) is 0 Å². The first-order valence-corrected chi connectivity index (χ1v) is 9.94. The van der Waals surface area contributed by atoms with Crippen molar-refractivity contribution >= 4 is 17.2 Å². The second kappa shape index (κ2) is 8.35. The minimum Gasteiger partial charge on any atom is -0.480 e. The van der Waals surface area contributed by atoms with E-state index < -0.39 is 0 Å². The molecule has 1 unspecified atom stereocenters. The first-order chi connectivity index (χ1) is 13.7. The molecule has 1 aliphatic rings. The van der Waals surface area contributed by atoms with E-state index in [1.54, 1.807) is 11.1 Å². The van der Waals surface area contributed by atoms with Gasteiger partial charge < -0.3 is 14.4 Å². The predicted molar refractivity (Wildman–Crippen MR) is 106 cm³/mol. The Labute approximate surface area is 167 Å². The van der Waals surface area contributed by atoms with Crippen molar-refractivity contribution in [2.24, 2.45) is 0 Å². The third-order valence-corrected chi connectivity index (χ3v) is 5.39. The van der Waals surface area contributed by atoms with E-state index in [0.29, 0.717) is 30.5 Å². The van der Waals surface area contributed by atoms with Crippen LogP contribution >= 0.6 is 11.3 Å². The molecule has 8 heteroatoms. The van der Waals surface area contributed by atoms with Crippen molar-refractivity contribution in [2.45, 2.75) is 18.9 Å². The number of hydrogen-bond donors (Lipinski definition) is 0.